The Balaban J connectivity index is 1.78. The van der Waals surface area contributed by atoms with Crippen LogP contribution in [0.5, 0.6) is 0 Å². The van der Waals surface area contributed by atoms with Crippen molar-refractivity contribution in [2.24, 2.45) is 0 Å². The van der Waals surface area contributed by atoms with Crippen molar-refractivity contribution in [3.8, 4) is 11.4 Å². The molecule has 0 saturated carbocycles. The molecule has 0 fully saturated rings. The van der Waals surface area contributed by atoms with Gasteiger partial charge in [-0.15, -0.1) is 0 Å². The fourth-order valence-corrected chi connectivity index (χ4v) is 5.53. The van der Waals surface area contributed by atoms with Gasteiger partial charge in [0.15, 0.2) is 0 Å². The first-order chi connectivity index (χ1) is 16.6. The summed E-state index contributed by atoms with van der Waals surface area (Å²) >= 11 is 0. The van der Waals surface area contributed by atoms with Crippen molar-refractivity contribution in [2.75, 3.05) is 18.4 Å². The monoisotopic (exact) mass is 496 g/mol. The second-order valence-corrected chi connectivity index (χ2v) is 10.4. The van der Waals surface area contributed by atoms with Crippen molar-refractivity contribution >= 4 is 21.6 Å². The van der Waals surface area contributed by atoms with E-state index < -0.39 is 10.0 Å². The number of aromatic amines is 1. The maximum atomic E-state index is 13.0. The molecule has 8 nitrogen and oxygen atoms in total. The molecular formula is C26H32N4O4S. The van der Waals surface area contributed by atoms with E-state index in [1.807, 2.05) is 39.0 Å². The molecule has 9 heteroatoms. The number of anilines is 1. The first kappa shape index (κ1) is 26.3. The maximum absolute atomic E-state index is 13.0. The van der Waals surface area contributed by atoms with Gasteiger partial charge in [-0.05, 0) is 74.2 Å². The number of hydrogen-bond acceptors (Lipinski definition) is 5. The molecule has 3 aromatic rings. The molecule has 1 aromatic carbocycles. The number of benzene rings is 1. The predicted molar refractivity (Wildman–Crippen MR) is 138 cm³/mol. The average molecular weight is 497 g/mol. The first-order valence-electron chi connectivity index (χ1n) is 11.6. The van der Waals surface area contributed by atoms with Crippen LogP contribution in [0.4, 0.5) is 5.69 Å². The van der Waals surface area contributed by atoms with E-state index in [1.54, 1.807) is 32.2 Å². The fraction of sp³-hybridized carbons (Fsp3) is 0.346. The zero-order valence-electron chi connectivity index (χ0n) is 20.8. The molecule has 0 spiro atoms. The van der Waals surface area contributed by atoms with E-state index in [0.29, 0.717) is 35.7 Å². The molecule has 0 unspecified atom stereocenters. The number of sulfonamides is 1. The molecule has 0 bridgehead atoms. The number of amides is 1. The summed E-state index contributed by atoms with van der Waals surface area (Å²) in [5.41, 5.74) is 4.37. The Morgan fingerprint density at radius 1 is 1.06 bits per heavy atom. The van der Waals surface area contributed by atoms with E-state index >= 15 is 0 Å². The molecule has 2 heterocycles. The Hall–Kier alpha value is -3.30. The van der Waals surface area contributed by atoms with Crippen LogP contribution < -0.4 is 10.9 Å². The fourth-order valence-electron chi connectivity index (χ4n) is 3.96. The lowest BCUT2D eigenvalue weighted by atomic mass is 10.0. The van der Waals surface area contributed by atoms with Crippen LogP contribution in [0.25, 0.3) is 11.4 Å². The first-order valence-corrected chi connectivity index (χ1v) is 13.1. The van der Waals surface area contributed by atoms with Crippen LogP contribution in [0, 0.1) is 20.8 Å². The Morgan fingerprint density at radius 3 is 2.37 bits per heavy atom. The van der Waals surface area contributed by atoms with Gasteiger partial charge in [0.1, 0.15) is 0 Å². The highest BCUT2D eigenvalue weighted by Crippen LogP contribution is 2.26. The zero-order chi connectivity index (χ0) is 25.8. The van der Waals surface area contributed by atoms with Crippen LogP contribution >= 0.6 is 0 Å². The molecule has 2 N–H and O–H groups in total. The molecule has 0 aliphatic rings. The third-order valence-corrected chi connectivity index (χ3v) is 8.19. The summed E-state index contributed by atoms with van der Waals surface area (Å²) in [7, 11) is -3.66. The summed E-state index contributed by atoms with van der Waals surface area (Å²) in [6.07, 6.45) is 2.00. The number of pyridine rings is 2. The second-order valence-electron chi connectivity index (χ2n) is 8.44. The van der Waals surface area contributed by atoms with Gasteiger partial charge in [-0.25, -0.2) is 8.42 Å². The van der Waals surface area contributed by atoms with Crippen LogP contribution in [0.1, 0.15) is 42.5 Å². The van der Waals surface area contributed by atoms with Crippen LogP contribution in [0.2, 0.25) is 0 Å². The molecule has 2 aromatic heterocycles. The van der Waals surface area contributed by atoms with Crippen molar-refractivity contribution in [3.63, 3.8) is 0 Å². The zero-order valence-corrected chi connectivity index (χ0v) is 21.6. The van der Waals surface area contributed by atoms with Crippen molar-refractivity contribution in [1.29, 1.82) is 0 Å². The van der Waals surface area contributed by atoms with Gasteiger partial charge in [-0.2, -0.15) is 4.31 Å². The lowest BCUT2D eigenvalue weighted by Gasteiger charge is -2.20. The smallest absolute Gasteiger partial charge is 0.251 e. The number of H-pyrrole nitrogens is 1. The van der Waals surface area contributed by atoms with Gasteiger partial charge in [0.05, 0.1) is 16.3 Å². The molecule has 186 valence electrons. The SMILES string of the molecule is CCN(CC)S(=O)(=O)c1cc(C)c(C)c(NC(=O)CCc2c(C)cc(-c3ccccn3)[nH]c2=O)c1. The minimum Gasteiger partial charge on any atom is -0.326 e. The van der Waals surface area contributed by atoms with Gasteiger partial charge in [-0.1, -0.05) is 19.9 Å². The Kier molecular flexibility index (Phi) is 8.24. The topological polar surface area (TPSA) is 112 Å². The van der Waals surface area contributed by atoms with Crippen LogP contribution in [-0.4, -0.2) is 41.7 Å². The molecule has 3 rings (SSSR count). The summed E-state index contributed by atoms with van der Waals surface area (Å²) < 4.78 is 27.3. The van der Waals surface area contributed by atoms with Gasteiger partial charge in [-0.3, -0.25) is 14.6 Å². The largest absolute Gasteiger partial charge is 0.326 e. The normalized spacial score (nSPS) is 11.6. The van der Waals surface area contributed by atoms with E-state index in [9.17, 15) is 18.0 Å². The highest BCUT2D eigenvalue weighted by Gasteiger charge is 2.23. The van der Waals surface area contributed by atoms with E-state index in [4.69, 9.17) is 0 Å². The van der Waals surface area contributed by atoms with Crippen molar-refractivity contribution in [3.05, 3.63) is 75.2 Å². The molecule has 0 saturated heterocycles. The lowest BCUT2D eigenvalue weighted by molar-refractivity contribution is -0.116. The summed E-state index contributed by atoms with van der Waals surface area (Å²) in [4.78, 5) is 32.7. The van der Waals surface area contributed by atoms with Gasteiger partial charge in [0.2, 0.25) is 15.9 Å². The predicted octanol–water partition coefficient (Wildman–Crippen LogP) is 3.96. The average Bonchev–Trinajstić information content (AvgIpc) is 2.82. The highest BCUT2D eigenvalue weighted by molar-refractivity contribution is 7.89. The second kappa shape index (κ2) is 11.0. The molecule has 0 atom stereocenters. The minimum atomic E-state index is -3.66. The van der Waals surface area contributed by atoms with Gasteiger partial charge >= 0.3 is 0 Å². The number of carbonyl (C=O) groups excluding carboxylic acids is 1. The summed E-state index contributed by atoms with van der Waals surface area (Å²) in [6, 6.07) is 10.5. The van der Waals surface area contributed by atoms with Gasteiger partial charge in [0.25, 0.3) is 5.56 Å². The highest BCUT2D eigenvalue weighted by atomic mass is 32.2. The summed E-state index contributed by atoms with van der Waals surface area (Å²) in [6.45, 7) is 9.79. The molecular weight excluding hydrogens is 464 g/mol. The van der Waals surface area contributed by atoms with Crippen LogP contribution in [0.3, 0.4) is 0 Å². The third kappa shape index (κ3) is 5.86. The van der Waals surface area contributed by atoms with Crippen molar-refractivity contribution < 1.29 is 13.2 Å². The van der Waals surface area contributed by atoms with Gasteiger partial charge in [0, 0.05) is 37.0 Å². The number of aromatic nitrogens is 2. The number of hydrogen-bond donors (Lipinski definition) is 2. The third-order valence-electron chi connectivity index (χ3n) is 6.16. The quantitative estimate of drug-likeness (QED) is 0.466. The Bertz CT molecular complexity index is 1380. The number of aryl methyl sites for hydroxylation is 2. The van der Waals surface area contributed by atoms with E-state index in [2.05, 4.69) is 15.3 Å². The van der Waals surface area contributed by atoms with Crippen molar-refractivity contribution in [1.82, 2.24) is 14.3 Å². The van der Waals surface area contributed by atoms with Crippen molar-refractivity contribution in [2.45, 2.75) is 52.4 Å². The lowest BCUT2D eigenvalue weighted by Crippen LogP contribution is -2.30. The Morgan fingerprint density at radius 2 is 1.77 bits per heavy atom. The number of nitrogens with one attached hydrogen (secondary N) is 2. The standard InChI is InChI=1S/C26H32N4O4S/c1-6-30(7-2)35(33,34)20-14-17(3)19(5)23(16-20)28-25(31)12-11-21-18(4)15-24(29-26(21)32)22-10-8-9-13-27-22/h8-10,13-16H,6-7,11-12H2,1-5H3,(H,28,31)(H,29,32). The number of rotatable bonds is 9. The molecule has 0 aliphatic heterocycles. The molecule has 0 radical (unpaired) electrons. The van der Waals surface area contributed by atoms with Crippen LogP contribution in [0.15, 0.2) is 52.3 Å². The van der Waals surface area contributed by atoms with E-state index in [-0.39, 0.29) is 29.2 Å². The molecule has 0 aliphatic carbocycles. The minimum absolute atomic E-state index is 0.0817. The summed E-state index contributed by atoms with van der Waals surface area (Å²) in [5, 5.41) is 2.84. The van der Waals surface area contributed by atoms with E-state index in [0.717, 1.165) is 16.7 Å². The van der Waals surface area contributed by atoms with E-state index in [1.165, 1.54) is 10.4 Å². The maximum Gasteiger partial charge on any atom is 0.251 e. The number of carbonyl (C=O) groups is 1. The van der Waals surface area contributed by atoms with Crippen LogP contribution in [-0.2, 0) is 21.2 Å². The molecule has 1 amide bonds. The van der Waals surface area contributed by atoms with Gasteiger partial charge < -0.3 is 10.3 Å². The molecule has 35 heavy (non-hydrogen) atoms. The Labute approximate surface area is 206 Å². The number of nitrogens with zero attached hydrogens (tertiary/aromatic N) is 2. The summed E-state index contributed by atoms with van der Waals surface area (Å²) in [5.74, 6) is -0.294.